The third-order valence-corrected chi connectivity index (χ3v) is 7.20. The van der Waals surface area contributed by atoms with Crippen LogP contribution in [-0.2, 0) is 5.41 Å². The Hall–Kier alpha value is -2.68. The van der Waals surface area contributed by atoms with Crippen LogP contribution in [0.1, 0.15) is 43.0 Å². The van der Waals surface area contributed by atoms with Gasteiger partial charge in [0.05, 0.1) is 0 Å². The molecule has 3 aromatic rings. The smallest absolute Gasteiger partial charge is 0.252 e. The Morgan fingerprint density at radius 1 is 0.700 bits per heavy atom. The number of para-hydroxylation sites is 2. The highest BCUT2D eigenvalue weighted by Gasteiger charge is 2.44. The zero-order chi connectivity index (χ0) is 21.5. The molecular formula is C27H31BN2. The van der Waals surface area contributed by atoms with E-state index in [9.17, 15) is 0 Å². The topological polar surface area (TPSA) is 6.48 Å². The van der Waals surface area contributed by atoms with Gasteiger partial charge in [0.15, 0.2) is 0 Å². The summed E-state index contributed by atoms with van der Waals surface area (Å²) in [5, 5.41) is 0. The van der Waals surface area contributed by atoms with Crippen LogP contribution >= 0.6 is 0 Å². The quantitative estimate of drug-likeness (QED) is 0.515. The fourth-order valence-electron chi connectivity index (χ4n) is 6.42. The Bertz CT molecular complexity index is 1200. The van der Waals surface area contributed by atoms with E-state index >= 15 is 0 Å². The van der Waals surface area contributed by atoms with Crippen LogP contribution in [0.3, 0.4) is 0 Å². The Balaban J connectivity index is 2.00. The number of rotatable bonds is 0. The third-order valence-electron chi connectivity index (χ3n) is 7.20. The first-order valence-electron chi connectivity index (χ1n) is 11.0. The van der Waals surface area contributed by atoms with Gasteiger partial charge in [-0.2, -0.15) is 0 Å². The molecule has 2 aliphatic heterocycles. The largest absolute Gasteiger partial charge is 0.345 e. The van der Waals surface area contributed by atoms with Crippen molar-refractivity contribution in [1.29, 1.82) is 0 Å². The van der Waals surface area contributed by atoms with Gasteiger partial charge in [-0.1, -0.05) is 57.2 Å². The van der Waals surface area contributed by atoms with Crippen LogP contribution in [0.4, 0.5) is 22.7 Å². The molecule has 0 atom stereocenters. The second-order valence-corrected chi connectivity index (χ2v) is 10.1. The minimum atomic E-state index is 0.0832. The molecule has 30 heavy (non-hydrogen) atoms. The lowest BCUT2D eigenvalue weighted by atomic mass is 9.33. The summed E-state index contributed by atoms with van der Waals surface area (Å²) in [5.74, 6) is 0. The van der Waals surface area contributed by atoms with Crippen LogP contribution in [0.25, 0.3) is 0 Å². The number of fused-ring (bicyclic) bond motifs is 4. The maximum absolute atomic E-state index is 2.46. The van der Waals surface area contributed by atoms with E-state index in [1.807, 2.05) is 0 Å². The van der Waals surface area contributed by atoms with Crippen molar-refractivity contribution in [3.05, 3.63) is 64.7 Å². The molecule has 0 bridgehead atoms. The van der Waals surface area contributed by atoms with Gasteiger partial charge in [0, 0.05) is 36.8 Å². The Morgan fingerprint density at radius 2 is 1.30 bits per heavy atom. The zero-order valence-corrected chi connectivity index (χ0v) is 19.5. The Kier molecular flexibility index (Phi) is 3.97. The number of anilines is 4. The van der Waals surface area contributed by atoms with Crippen molar-refractivity contribution in [3.63, 3.8) is 0 Å². The molecule has 3 aromatic carbocycles. The summed E-state index contributed by atoms with van der Waals surface area (Å²) in [6.07, 6.45) is 0. The number of nitrogens with zero attached hydrogens (tertiary/aromatic N) is 2. The average molecular weight is 394 g/mol. The van der Waals surface area contributed by atoms with Gasteiger partial charge < -0.3 is 9.80 Å². The van der Waals surface area contributed by atoms with Gasteiger partial charge in [-0.05, 0) is 70.9 Å². The van der Waals surface area contributed by atoms with Gasteiger partial charge >= 0.3 is 0 Å². The van der Waals surface area contributed by atoms with Gasteiger partial charge in [0.25, 0.3) is 6.71 Å². The molecule has 0 spiro atoms. The van der Waals surface area contributed by atoms with Crippen molar-refractivity contribution in [2.75, 3.05) is 23.9 Å². The maximum atomic E-state index is 2.46. The molecule has 0 aromatic heterocycles. The highest BCUT2D eigenvalue weighted by atomic mass is 15.2. The summed E-state index contributed by atoms with van der Waals surface area (Å²) < 4.78 is 0. The van der Waals surface area contributed by atoms with E-state index in [0.717, 1.165) is 0 Å². The van der Waals surface area contributed by atoms with Crippen molar-refractivity contribution < 1.29 is 0 Å². The Morgan fingerprint density at radius 3 is 1.97 bits per heavy atom. The van der Waals surface area contributed by atoms with E-state index in [4.69, 9.17) is 0 Å². The molecule has 0 fully saturated rings. The molecule has 152 valence electrons. The summed E-state index contributed by atoms with van der Waals surface area (Å²) in [4.78, 5) is 4.90. The van der Waals surface area contributed by atoms with Crippen molar-refractivity contribution >= 4 is 45.9 Å². The second-order valence-electron chi connectivity index (χ2n) is 10.1. The minimum Gasteiger partial charge on any atom is -0.345 e. The van der Waals surface area contributed by atoms with Crippen LogP contribution in [-0.4, -0.2) is 20.8 Å². The normalized spacial score (nSPS) is 14.5. The van der Waals surface area contributed by atoms with E-state index in [-0.39, 0.29) is 12.1 Å². The minimum absolute atomic E-state index is 0.0832. The summed E-state index contributed by atoms with van der Waals surface area (Å²) in [5.41, 5.74) is 15.5. The van der Waals surface area contributed by atoms with Crippen molar-refractivity contribution in [1.82, 2.24) is 0 Å². The molecule has 0 saturated carbocycles. The molecule has 2 aliphatic rings. The van der Waals surface area contributed by atoms with Gasteiger partial charge in [0.1, 0.15) is 0 Å². The average Bonchev–Trinajstić information content (AvgIpc) is 2.66. The number of benzene rings is 3. The molecular weight excluding hydrogens is 363 g/mol. The van der Waals surface area contributed by atoms with Crippen LogP contribution in [0.15, 0.2) is 42.5 Å². The van der Waals surface area contributed by atoms with Gasteiger partial charge in [0.2, 0.25) is 0 Å². The van der Waals surface area contributed by atoms with Gasteiger partial charge in [-0.3, -0.25) is 0 Å². The number of hydrogen-bond donors (Lipinski definition) is 0. The first kappa shape index (κ1) is 19.3. The first-order chi connectivity index (χ1) is 14.1. The van der Waals surface area contributed by atoms with Crippen LogP contribution in [0.5, 0.6) is 0 Å². The van der Waals surface area contributed by atoms with Crippen LogP contribution < -0.4 is 26.2 Å². The van der Waals surface area contributed by atoms with Crippen LogP contribution in [0, 0.1) is 20.8 Å². The van der Waals surface area contributed by atoms with Gasteiger partial charge in [-0.25, -0.2) is 0 Å². The molecule has 0 amide bonds. The molecule has 2 nitrogen and oxygen atoms in total. The number of aryl methyl sites for hydroxylation is 1. The monoisotopic (exact) mass is 394 g/mol. The van der Waals surface area contributed by atoms with Crippen molar-refractivity contribution in [3.8, 4) is 0 Å². The predicted octanol–water partition coefficient (Wildman–Crippen LogP) is 4.59. The number of hydrogen-bond acceptors (Lipinski definition) is 2. The summed E-state index contributed by atoms with van der Waals surface area (Å²) in [7, 11) is 4.50. The third kappa shape index (κ3) is 2.32. The zero-order valence-electron chi connectivity index (χ0n) is 19.5. The van der Waals surface area contributed by atoms with E-state index in [2.05, 4.69) is 108 Å². The standard InChI is InChI=1S/C27H31BN2/c1-16-12-11-14-20-24(16)30(8)26-18(3)22(27(4,5)6)17(2)25-23(26)28(20)19-13-9-10-15-21(19)29(25)7/h9-15H,1-8H3. The SMILES string of the molecule is Cc1cccc2c1N(C)c1c(C)c(C(C)(C)C)c(C)c3c1B2c1ccccc1N3C. The van der Waals surface area contributed by atoms with E-state index < -0.39 is 0 Å². The van der Waals surface area contributed by atoms with E-state index in [0.29, 0.717) is 0 Å². The molecule has 0 aliphatic carbocycles. The highest BCUT2D eigenvalue weighted by molar-refractivity contribution is 7.00. The Labute approximate surface area is 181 Å². The first-order valence-corrected chi connectivity index (χ1v) is 11.0. The summed E-state index contributed by atoms with van der Waals surface area (Å²) >= 11 is 0. The molecule has 3 heteroatoms. The highest BCUT2D eigenvalue weighted by Crippen LogP contribution is 2.45. The summed E-state index contributed by atoms with van der Waals surface area (Å²) in [6, 6.07) is 15.8. The maximum Gasteiger partial charge on any atom is 0.252 e. The predicted molar refractivity (Wildman–Crippen MR) is 133 cm³/mol. The molecule has 0 saturated heterocycles. The van der Waals surface area contributed by atoms with Crippen molar-refractivity contribution in [2.24, 2.45) is 0 Å². The lowest BCUT2D eigenvalue weighted by Gasteiger charge is -2.45. The van der Waals surface area contributed by atoms with E-state index in [1.165, 1.54) is 61.4 Å². The fraction of sp³-hybridized carbons (Fsp3) is 0.333. The molecule has 0 N–H and O–H groups in total. The van der Waals surface area contributed by atoms with Crippen LogP contribution in [0.2, 0.25) is 0 Å². The lowest BCUT2D eigenvalue weighted by molar-refractivity contribution is 0.582. The molecule has 0 radical (unpaired) electrons. The second kappa shape index (κ2) is 6.17. The van der Waals surface area contributed by atoms with E-state index in [1.54, 1.807) is 0 Å². The lowest BCUT2D eigenvalue weighted by Crippen LogP contribution is -2.62. The molecule has 5 rings (SSSR count). The van der Waals surface area contributed by atoms with Crippen molar-refractivity contribution in [2.45, 2.75) is 47.0 Å². The molecule has 0 unspecified atom stereocenters. The molecule has 2 heterocycles. The summed E-state index contributed by atoms with van der Waals surface area (Å²) in [6.45, 7) is 14.2. The van der Waals surface area contributed by atoms with Gasteiger partial charge in [-0.15, -0.1) is 0 Å². The fourth-order valence-corrected chi connectivity index (χ4v) is 6.42.